The van der Waals surface area contributed by atoms with E-state index in [2.05, 4.69) is 0 Å². The average Bonchev–Trinajstić information content (AvgIpc) is 1.91. The summed E-state index contributed by atoms with van der Waals surface area (Å²) in [5.41, 5.74) is 9.81. The molecule has 0 aromatic carbocycles. The SMILES string of the molecule is NCCN.O/C=C\CCl. The lowest BCUT2D eigenvalue weighted by Gasteiger charge is -1.72. The van der Waals surface area contributed by atoms with E-state index in [1.807, 2.05) is 0 Å². The summed E-state index contributed by atoms with van der Waals surface area (Å²) in [4.78, 5) is 0. The topological polar surface area (TPSA) is 72.3 Å². The first-order chi connectivity index (χ1) is 4.33. The normalized spacial score (nSPS) is 8.78. The highest BCUT2D eigenvalue weighted by Crippen LogP contribution is 1.71. The molecule has 0 saturated heterocycles. The van der Waals surface area contributed by atoms with Crippen LogP contribution in [-0.2, 0) is 0 Å². The Kier molecular flexibility index (Phi) is 20.1. The van der Waals surface area contributed by atoms with E-state index in [1.165, 1.54) is 6.08 Å². The Hall–Kier alpha value is -0.250. The molecule has 0 spiro atoms. The van der Waals surface area contributed by atoms with Crippen LogP contribution in [0.25, 0.3) is 0 Å². The minimum absolute atomic E-state index is 0.385. The fourth-order valence-electron chi connectivity index (χ4n) is 0.0398. The molecule has 0 amide bonds. The average molecular weight is 153 g/mol. The summed E-state index contributed by atoms with van der Waals surface area (Å²) in [6, 6.07) is 0. The van der Waals surface area contributed by atoms with Crippen LogP contribution in [0.4, 0.5) is 0 Å². The van der Waals surface area contributed by atoms with Crippen LogP contribution in [0.5, 0.6) is 0 Å². The van der Waals surface area contributed by atoms with Crippen molar-refractivity contribution in [3.8, 4) is 0 Å². The van der Waals surface area contributed by atoms with Crippen LogP contribution in [0, 0.1) is 0 Å². The summed E-state index contributed by atoms with van der Waals surface area (Å²) in [6.45, 7) is 1.19. The van der Waals surface area contributed by atoms with Gasteiger partial charge in [-0.1, -0.05) is 0 Å². The molecule has 0 aliphatic rings. The van der Waals surface area contributed by atoms with E-state index in [-0.39, 0.29) is 0 Å². The van der Waals surface area contributed by atoms with Crippen LogP contribution < -0.4 is 11.5 Å². The molecular weight excluding hydrogens is 140 g/mol. The monoisotopic (exact) mass is 152 g/mol. The molecule has 3 nitrogen and oxygen atoms in total. The van der Waals surface area contributed by atoms with Crippen molar-refractivity contribution in [1.82, 2.24) is 0 Å². The summed E-state index contributed by atoms with van der Waals surface area (Å²) in [6.07, 6.45) is 2.37. The van der Waals surface area contributed by atoms with Crippen molar-refractivity contribution >= 4 is 11.6 Å². The van der Waals surface area contributed by atoms with Crippen molar-refractivity contribution in [3.63, 3.8) is 0 Å². The van der Waals surface area contributed by atoms with Gasteiger partial charge in [-0.15, -0.1) is 11.6 Å². The summed E-state index contributed by atoms with van der Waals surface area (Å²) >= 11 is 5.05. The number of aliphatic hydroxyl groups is 1. The summed E-state index contributed by atoms with van der Waals surface area (Å²) < 4.78 is 0. The lowest BCUT2D eigenvalue weighted by atomic mass is 10.7. The zero-order valence-electron chi connectivity index (χ0n) is 5.26. The van der Waals surface area contributed by atoms with Gasteiger partial charge in [-0.25, -0.2) is 0 Å². The first-order valence-corrected chi connectivity index (χ1v) is 3.12. The lowest BCUT2D eigenvalue weighted by Crippen LogP contribution is -2.11. The van der Waals surface area contributed by atoms with Gasteiger partial charge in [0.15, 0.2) is 0 Å². The molecule has 0 aromatic rings. The zero-order chi connectivity index (χ0) is 7.54. The molecule has 0 rings (SSSR count). The Morgan fingerprint density at radius 2 is 1.78 bits per heavy atom. The van der Waals surface area contributed by atoms with Crippen LogP contribution in [-0.4, -0.2) is 24.1 Å². The Morgan fingerprint density at radius 1 is 1.33 bits per heavy atom. The van der Waals surface area contributed by atoms with Gasteiger partial charge in [0.1, 0.15) is 0 Å². The minimum Gasteiger partial charge on any atom is -0.516 e. The van der Waals surface area contributed by atoms with E-state index < -0.39 is 0 Å². The molecule has 0 heterocycles. The van der Waals surface area contributed by atoms with Gasteiger partial charge in [-0.05, 0) is 6.08 Å². The van der Waals surface area contributed by atoms with Crippen LogP contribution in [0.1, 0.15) is 0 Å². The van der Waals surface area contributed by atoms with Crippen LogP contribution in [0.2, 0.25) is 0 Å². The number of hydrogen-bond donors (Lipinski definition) is 3. The summed E-state index contributed by atoms with van der Waals surface area (Å²) in [7, 11) is 0. The maximum absolute atomic E-state index is 7.80. The molecule has 0 aliphatic heterocycles. The van der Waals surface area contributed by atoms with E-state index >= 15 is 0 Å². The van der Waals surface area contributed by atoms with Gasteiger partial charge in [0.2, 0.25) is 0 Å². The van der Waals surface area contributed by atoms with E-state index in [0.29, 0.717) is 19.0 Å². The number of aliphatic hydroxyl groups excluding tert-OH is 1. The van der Waals surface area contributed by atoms with Gasteiger partial charge >= 0.3 is 0 Å². The van der Waals surface area contributed by atoms with Crippen molar-refractivity contribution in [1.29, 1.82) is 0 Å². The standard InChI is InChI=1S/C3H5ClO.C2H8N2/c4-2-1-3-5;3-1-2-4/h1,3,5H,2H2;1-4H2/b3-1-;. The Bertz CT molecular complexity index is 56.9. The maximum atomic E-state index is 7.80. The zero-order valence-corrected chi connectivity index (χ0v) is 6.01. The van der Waals surface area contributed by atoms with E-state index in [1.54, 1.807) is 0 Å². The molecule has 0 unspecified atom stereocenters. The van der Waals surface area contributed by atoms with Gasteiger partial charge in [0.25, 0.3) is 0 Å². The molecule has 9 heavy (non-hydrogen) atoms. The van der Waals surface area contributed by atoms with Crippen molar-refractivity contribution in [3.05, 3.63) is 12.3 Å². The number of alkyl halides is 1. The van der Waals surface area contributed by atoms with Crippen molar-refractivity contribution in [2.75, 3.05) is 19.0 Å². The predicted molar refractivity (Wildman–Crippen MR) is 40.6 cm³/mol. The Labute approximate surface area is 60.3 Å². The van der Waals surface area contributed by atoms with E-state index in [9.17, 15) is 0 Å². The smallest absolute Gasteiger partial charge is 0.0763 e. The van der Waals surface area contributed by atoms with Crippen molar-refractivity contribution < 1.29 is 5.11 Å². The van der Waals surface area contributed by atoms with Crippen molar-refractivity contribution in [2.45, 2.75) is 0 Å². The molecule has 4 heteroatoms. The van der Waals surface area contributed by atoms with Crippen molar-refractivity contribution in [2.24, 2.45) is 11.5 Å². The molecular formula is C5H13ClN2O. The highest BCUT2D eigenvalue weighted by Gasteiger charge is 1.56. The van der Waals surface area contributed by atoms with Crippen LogP contribution in [0.3, 0.4) is 0 Å². The molecule has 0 radical (unpaired) electrons. The third kappa shape index (κ3) is 33.9. The van der Waals surface area contributed by atoms with Gasteiger partial charge in [0, 0.05) is 19.0 Å². The lowest BCUT2D eigenvalue weighted by molar-refractivity contribution is 0.473. The molecule has 0 bridgehead atoms. The molecule has 0 aromatic heterocycles. The predicted octanol–water partition coefficient (Wildman–Crippen LogP) is 0.201. The quantitative estimate of drug-likeness (QED) is 0.391. The third-order valence-corrected chi connectivity index (χ3v) is 0.539. The van der Waals surface area contributed by atoms with E-state index in [0.717, 1.165) is 6.26 Å². The van der Waals surface area contributed by atoms with Crippen LogP contribution >= 0.6 is 11.6 Å². The summed E-state index contributed by atoms with van der Waals surface area (Å²) in [5, 5.41) is 7.80. The third-order valence-electron chi connectivity index (χ3n) is 0.361. The summed E-state index contributed by atoms with van der Waals surface area (Å²) in [5.74, 6) is 0.385. The molecule has 0 aliphatic carbocycles. The molecule has 0 saturated carbocycles. The highest BCUT2D eigenvalue weighted by molar-refractivity contribution is 6.18. The Balaban J connectivity index is 0. The molecule has 0 atom stereocenters. The number of hydrogen-bond acceptors (Lipinski definition) is 3. The van der Waals surface area contributed by atoms with Gasteiger partial charge < -0.3 is 16.6 Å². The Morgan fingerprint density at radius 3 is 1.78 bits per heavy atom. The second kappa shape index (κ2) is 15.7. The first-order valence-electron chi connectivity index (χ1n) is 2.58. The fourth-order valence-corrected chi connectivity index (χ4v) is 0.120. The molecule has 0 fully saturated rings. The molecule has 5 N–H and O–H groups in total. The first kappa shape index (κ1) is 11.5. The van der Waals surface area contributed by atoms with Gasteiger partial charge in [0.05, 0.1) is 6.26 Å². The second-order valence-corrected chi connectivity index (χ2v) is 1.43. The van der Waals surface area contributed by atoms with E-state index in [4.69, 9.17) is 28.2 Å². The maximum Gasteiger partial charge on any atom is 0.0763 e. The number of allylic oxidation sites excluding steroid dienone is 1. The highest BCUT2D eigenvalue weighted by atomic mass is 35.5. The minimum atomic E-state index is 0.385. The molecule has 56 valence electrons. The number of nitrogens with two attached hydrogens (primary N) is 2. The second-order valence-electron chi connectivity index (χ2n) is 1.12. The fraction of sp³-hybridized carbons (Fsp3) is 0.600. The number of rotatable bonds is 2. The number of halogens is 1. The van der Waals surface area contributed by atoms with Crippen LogP contribution in [0.15, 0.2) is 12.3 Å². The largest absolute Gasteiger partial charge is 0.516 e. The van der Waals surface area contributed by atoms with Gasteiger partial charge in [-0.2, -0.15) is 0 Å². The van der Waals surface area contributed by atoms with Gasteiger partial charge in [-0.3, -0.25) is 0 Å².